The summed E-state index contributed by atoms with van der Waals surface area (Å²) in [6.45, 7) is 5.93. The fourth-order valence-electron chi connectivity index (χ4n) is 2.98. The van der Waals surface area contributed by atoms with Crippen molar-refractivity contribution in [2.45, 2.75) is 33.4 Å². The number of nitrogens with one attached hydrogen (secondary N) is 1. The molecular formula is C21H23N3O4. The first kappa shape index (κ1) is 19.4. The van der Waals surface area contributed by atoms with Crippen molar-refractivity contribution in [2.24, 2.45) is 0 Å². The van der Waals surface area contributed by atoms with Crippen LogP contribution in [-0.4, -0.2) is 33.2 Å². The average Bonchev–Trinajstić information content (AvgIpc) is 2.64. The number of hydrogen-bond donors (Lipinski definition) is 2. The molecule has 7 heteroatoms. The van der Waals surface area contributed by atoms with E-state index < -0.39 is 5.56 Å². The largest absolute Gasteiger partial charge is 0.508 e. The van der Waals surface area contributed by atoms with E-state index in [4.69, 9.17) is 4.74 Å². The van der Waals surface area contributed by atoms with Gasteiger partial charge in [0.05, 0.1) is 17.5 Å². The van der Waals surface area contributed by atoms with Gasteiger partial charge in [0, 0.05) is 11.6 Å². The minimum absolute atomic E-state index is 0.0318. The lowest BCUT2D eigenvalue weighted by Gasteiger charge is -2.15. The Morgan fingerprint density at radius 1 is 1.25 bits per heavy atom. The van der Waals surface area contributed by atoms with Gasteiger partial charge in [-0.3, -0.25) is 14.2 Å². The van der Waals surface area contributed by atoms with E-state index in [2.05, 4.69) is 10.3 Å². The predicted molar refractivity (Wildman–Crippen MR) is 108 cm³/mol. The Morgan fingerprint density at radius 3 is 2.75 bits per heavy atom. The zero-order valence-corrected chi connectivity index (χ0v) is 16.1. The van der Waals surface area contributed by atoms with Crippen LogP contribution < -0.4 is 15.6 Å². The van der Waals surface area contributed by atoms with Crippen LogP contribution in [0.1, 0.15) is 20.8 Å². The number of phenols is 1. The first-order valence-electron chi connectivity index (χ1n) is 9.15. The van der Waals surface area contributed by atoms with Gasteiger partial charge in [0.25, 0.3) is 5.56 Å². The Bertz CT molecular complexity index is 1070. The van der Waals surface area contributed by atoms with Gasteiger partial charge in [-0.2, -0.15) is 0 Å². The quantitative estimate of drug-likeness (QED) is 0.685. The summed E-state index contributed by atoms with van der Waals surface area (Å²) in [5, 5.41) is 12.8. The number of aromatic hydroxyl groups is 1. The number of benzene rings is 2. The van der Waals surface area contributed by atoms with E-state index in [-0.39, 0.29) is 29.6 Å². The molecule has 0 unspecified atom stereocenters. The van der Waals surface area contributed by atoms with E-state index >= 15 is 0 Å². The van der Waals surface area contributed by atoms with Crippen LogP contribution in [0.5, 0.6) is 11.5 Å². The van der Waals surface area contributed by atoms with Gasteiger partial charge in [0.15, 0.2) is 0 Å². The summed E-state index contributed by atoms with van der Waals surface area (Å²) in [6, 6.07) is 11.6. The Balaban J connectivity index is 2.20. The molecule has 0 aliphatic carbocycles. The maximum Gasteiger partial charge on any atom is 0.262 e. The monoisotopic (exact) mass is 381 g/mol. The van der Waals surface area contributed by atoms with Crippen LogP contribution >= 0.6 is 0 Å². The number of rotatable bonds is 6. The lowest BCUT2D eigenvalue weighted by atomic mass is 10.1. The van der Waals surface area contributed by atoms with Crippen LogP contribution in [0.2, 0.25) is 0 Å². The molecule has 1 heterocycles. The summed E-state index contributed by atoms with van der Waals surface area (Å²) in [6.07, 6.45) is 0. The maximum absolute atomic E-state index is 13.1. The Morgan fingerprint density at radius 2 is 2.04 bits per heavy atom. The molecule has 0 bridgehead atoms. The molecule has 28 heavy (non-hydrogen) atoms. The molecule has 0 atom stereocenters. The minimum Gasteiger partial charge on any atom is -0.508 e. The lowest BCUT2D eigenvalue weighted by molar-refractivity contribution is -0.122. The number of amides is 1. The van der Waals surface area contributed by atoms with Gasteiger partial charge in [0.2, 0.25) is 5.91 Å². The van der Waals surface area contributed by atoms with E-state index in [0.717, 1.165) is 0 Å². The number of aromatic nitrogens is 2. The van der Waals surface area contributed by atoms with Crippen molar-refractivity contribution in [3.05, 3.63) is 52.8 Å². The lowest BCUT2D eigenvalue weighted by Crippen LogP contribution is -2.37. The molecule has 3 rings (SSSR count). The summed E-state index contributed by atoms with van der Waals surface area (Å²) >= 11 is 0. The highest BCUT2D eigenvalue weighted by Crippen LogP contribution is 2.24. The summed E-state index contributed by atoms with van der Waals surface area (Å²) in [5.41, 5.74) is 0.715. The number of nitrogens with zero attached hydrogens (tertiary/aromatic N) is 2. The fourth-order valence-corrected chi connectivity index (χ4v) is 2.98. The topological polar surface area (TPSA) is 93.4 Å². The Hall–Kier alpha value is -3.35. The van der Waals surface area contributed by atoms with Gasteiger partial charge in [-0.15, -0.1) is 0 Å². The first-order valence-corrected chi connectivity index (χ1v) is 9.15. The Kier molecular flexibility index (Phi) is 5.63. The van der Waals surface area contributed by atoms with Crippen LogP contribution in [0.3, 0.4) is 0 Å². The average molecular weight is 381 g/mol. The first-order chi connectivity index (χ1) is 13.4. The zero-order valence-electron chi connectivity index (χ0n) is 16.1. The number of ether oxygens (including phenoxy) is 1. The van der Waals surface area contributed by atoms with E-state index in [1.807, 2.05) is 39.0 Å². The van der Waals surface area contributed by atoms with E-state index in [9.17, 15) is 14.7 Å². The molecule has 146 valence electrons. The number of phenolic OH excluding ortho intramolecular Hbond substituents is 1. The second kappa shape index (κ2) is 8.12. The third-order valence-corrected chi connectivity index (χ3v) is 4.09. The van der Waals surface area contributed by atoms with Gasteiger partial charge in [0.1, 0.15) is 23.9 Å². The molecule has 7 nitrogen and oxygen atoms in total. The van der Waals surface area contributed by atoms with Crippen molar-refractivity contribution in [3.8, 4) is 22.9 Å². The number of carbonyl (C=O) groups is 1. The SMILES string of the molecule is CCOc1cccc(-c2nc3ccc(O)cc3c(=O)n2CC(=O)NC(C)C)c1. The summed E-state index contributed by atoms with van der Waals surface area (Å²) < 4.78 is 6.87. The molecule has 1 amide bonds. The smallest absolute Gasteiger partial charge is 0.262 e. The number of carbonyl (C=O) groups excluding carboxylic acids is 1. The molecule has 1 aromatic heterocycles. The standard InChI is InChI=1S/C21H23N3O4/c1-4-28-16-7-5-6-14(10-16)20-23-18-9-8-15(25)11-17(18)21(27)24(20)12-19(26)22-13(2)3/h5-11,13,25H,4,12H2,1-3H3,(H,22,26). The molecule has 2 N–H and O–H groups in total. The third-order valence-electron chi connectivity index (χ3n) is 4.09. The summed E-state index contributed by atoms with van der Waals surface area (Å²) in [7, 11) is 0. The van der Waals surface area contributed by atoms with Gasteiger partial charge < -0.3 is 15.2 Å². The molecule has 0 fully saturated rings. The Labute approximate surface area is 162 Å². The normalized spacial score (nSPS) is 11.0. The number of fused-ring (bicyclic) bond motifs is 1. The predicted octanol–water partition coefficient (Wildman–Crippen LogP) is 2.69. The molecule has 0 saturated heterocycles. The molecule has 2 aromatic carbocycles. The van der Waals surface area contributed by atoms with Crippen molar-refractivity contribution < 1.29 is 14.6 Å². The van der Waals surface area contributed by atoms with Crippen molar-refractivity contribution in [2.75, 3.05) is 6.61 Å². The van der Waals surface area contributed by atoms with Gasteiger partial charge in [-0.25, -0.2) is 4.98 Å². The molecular weight excluding hydrogens is 358 g/mol. The van der Waals surface area contributed by atoms with Crippen LogP contribution in [0.25, 0.3) is 22.3 Å². The van der Waals surface area contributed by atoms with Crippen molar-refractivity contribution in [1.82, 2.24) is 14.9 Å². The van der Waals surface area contributed by atoms with E-state index in [1.165, 1.54) is 16.7 Å². The van der Waals surface area contributed by atoms with Crippen LogP contribution in [0.15, 0.2) is 47.3 Å². The highest BCUT2D eigenvalue weighted by Gasteiger charge is 2.17. The molecule has 0 aliphatic heterocycles. The maximum atomic E-state index is 13.1. The third kappa shape index (κ3) is 4.14. The summed E-state index contributed by atoms with van der Waals surface area (Å²) in [5.74, 6) is 0.693. The second-order valence-corrected chi connectivity index (χ2v) is 6.71. The molecule has 0 spiro atoms. The summed E-state index contributed by atoms with van der Waals surface area (Å²) in [4.78, 5) is 30.1. The fraction of sp³-hybridized carbons (Fsp3) is 0.286. The van der Waals surface area contributed by atoms with Crippen molar-refractivity contribution in [1.29, 1.82) is 0 Å². The number of hydrogen-bond acceptors (Lipinski definition) is 5. The highest BCUT2D eigenvalue weighted by molar-refractivity contribution is 5.83. The van der Waals surface area contributed by atoms with Crippen molar-refractivity contribution >= 4 is 16.8 Å². The minimum atomic E-state index is -0.392. The molecule has 0 saturated carbocycles. The molecule has 0 radical (unpaired) electrons. The highest BCUT2D eigenvalue weighted by atomic mass is 16.5. The van der Waals surface area contributed by atoms with E-state index in [1.54, 1.807) is 12.1 Å². The van der Waals surface area contributed by atoms with Gasteiger partial charge in [-0.1, -0.05) is 12.1 Å². The molecule has 3 aromatic rings. The van der Waals surface area contributed by atoms with Crippen molar-refractivity contribution in [3.63, 3.8) is 0 Å². The molecule has 0 aliphatic rings. The zero-order chi connectivity index (χ0) is 20.3. The van der Waals surface area contributed by atoms with Crippen LogP contribution in [-0.2, 0) is 11.3 Å². The second-order valence-electron chi connectivity index (χ2n) is 6.71. The van der Waals surface area contributed by atoms with E-state index in [0.29, 0.717) is 29.3 Å². The van der Waals surface area contributed by atoms with Gasteiger partial charge >= 0.3 is 0 Å². The van der Waals surface area contributed by atoms with Gasteiger partial charge in [-0.05, 0) is 51.1 Å². The van der Waals surface area contributed by atoms with Crippen LogP contribution in [0.4, 0.5) is 0 Å². The van der Waals surface area contributed by atoms with Crippen LogP contribution in [0, 0.1) is 0 Å².